The molecule has 0 amide bonds. The molecule has 0 fully saturated rings. The normalized spacial score (nSPS) is 11.8. The van der Waals surface area contributed by atoms with Gasteiger partial charge >= 0.3 is 0 Å². The molecule has 4 aromatic heterocycles. The van der Waals surface area contributed by atoms with Gasteiger partial charge in [-0.3, -0.25) is 0 Å². The molecule has 0 aliphatic heterocycles. The van der Waals surface area contributed by atoms with Crippen LogP contribution in [-0.4, -0.2) is 0 Å². The topological polar surface area (TPSA) is 59.0 Å². The van der Waals surface area contributed by atoms with Gasteiger partial charge in [0.25, 0.3) is 0 Å². The van der Waals surface area contributed by atoms with Crippen LogP contribution in [0.4, 0.5) is 34.1 Å². The molecule has 0 radical (unpaired) electrons. The van der Waals surface area contributed by atoms with E-state index in [1.54, 1.807) is 0 Å². The van der Waals surface area contributed by atoms with Crippen LogP contribution in [0, 0.1) is 0 Å². The summed E-state index contributed by atoms with van der Waals surface area (Å²) in [5.74, 6) is 0. The van der Waals surface area contributed by atoms with Crippen molar-refractivity contribution in [2.45, 2.75) is 0 Å². The van der Waals surface area contributed by atoms with E-state index >= 15 is 0 Å². The summed E-state index contributed by atoms with van der Waals surface area (Å²) in [6.07, 6.45) is 0. The van der Waals surface area contributed by atoms with E-state index in [4.69, 9.17) is 17.7 Å². The summed E-state index contributed by atoms with van der Waals surface area (Å²) >= 11 is 0. The first kappa shape index (κ1) is 66.3. The third kappa shape index (κ3) is 11.0. The average Bonchev–Trinajstić information content (AvgIpc) is 1.33. The van der Waals surface area contributed by atoms with Gasteiger partial charge in [0.1, 0.15) is 44.7 Å². The highest BCUT2D eigenvalue weighted by Gasteiger charge is 2.28. The summed E-state index contributed by atoms with van der Waals surface area (Å²) in [4.78, 5) is 4.88. The quantitative estimate of drug-likeness (QED) is 0.108. The van der Waals surface area contributed by atoms with Crippen LogP contribution in [0.25, 0.3) is 198 Å². The zero-order chi connectivity index (χ0) is 76.3. The Kier molecular flexibility index (Phi) is 15.5. The van der Waals surface area contributed by atoms with E-state index in [2.05, 4.69) is 392 Å². The van der Waals surface area contributed by atoms with Gasteiger partial charge in [-0.2, -0.15) is 0 Å². The van der Waals surface area contributed by atoms with Crippen LogP contribution < -0.4 is 9.80 Å². The van der Waals surface area contributed by atoms with Gasteiger partial charge in [-0.25, -0.2) is 0 Å². The molecule has 0 atom stereocenters. The highest BCUT2D eigenvalue weighted by Crippen LogP contribution is 2.53. The first-order valence-corrected chi connectivity index (χ1v) is 39.5. The lowest BCUT2D eigenvalue weighted by atomic mass is 9.90. The van der Waals surface area contributed by atoms with Crippen LogP contribution in [0.15, 0.2) is 430 Å². The molecule has 0 bridgehead atoms. The lowest BCUT2D eigenvalue weighted by Crippen LogP contribution is -2.13. The van der Waals surface area contributed by atoms with E-state index in [0.29, 0.717) is 0 Å². The first-order chi connectivity index (χ1) is 57.5. The molecule has 0 unspecified atom stereocenters. The van der Waals surface area contributed by atoms with Crippen molar-refractivity contribution < 1.29 is 17.7 Å². The SMILES string of the molecule is c1ccc(-c2cccc3ccccc23)c(-c2ccccc2N(c2ccc(-c3cccc4c3oc3ccc(-c5cccc(N(c6ccc(-c7cccc8c7oc7ccccc78)cc6)c6ccccc6-c6ccc7ccccc7c6)c5-c5ccc6c(c5)oc5ccccc56)cc34)cc2)c2ccccc2-c2ccc3c(c2)oc2ccccc23)c1. The smallest absolute Gasteiger partial charge is 0.143 e. The van der Waals surface area contributed by atoms with E-state index in [1.165, 1.54) is 27.1 Å². The Morgan fingerprint density at radius 3 is 1.14 bits per heavy atom. The van der Waals surface area contributed by atoms with Crippen molar-refractivity contribution >= 4 is 143 Å². The molecule has 0 saturated heterocycles. The summed E-state index contributed by atoms with van der Waals surface area (Å²) in [6.45, 7) is 0. The second-order valence-electron chi connectivity index (χ2n) is 30.0. The van der Waals surface area contributed by atoms with Gasteiger partial charge in [0.05, 0.1) is 22.7 Å². The third-order valence-corrected chi connectivity index (χ3v) is 23.5. The van der Waals surface area contributed by atoms with Crippen molar-refractivity contribution in [2.24, 2.45) is 0 Å². The number of furan rings is 4. The zero-order valence-corrected chi connectivity index (χ0v) is 62.8. The summed E-state index contributed by atoms with van der Waals surface area (Å²) in [6, 6.07) is 149. The van der Waals surface area contributed by atoms with Crippen molar-refractivity contribution in [1.29, 1.82) is 0 Å². The van der Waals surface area contributed by atoms with Crippen LogP contribution in [0.1, 0.15) is 0 Å². The summed E-state index contributed by atoms with van der Waals surface area (Å²) < 4.78 is 27.2. The molecule has 0 N–H and O–H groups in total. The minimum atomic E-state index is 0.794. The fourth-order valence-corrected chi connectivity index (χ4v) is 18.1. The van der Waals surface area contributed by atoms with E-state index in [-0.39, 0.29) is 0 Å². The number of fused-ring (bicyclic) bond motifs is 14. The molecule has 116 heavy (non-hydrogen) atoms. The first-order valence-electron chi connectivity index (χ1n) is 39.5. The lowest BCUT2D eigenvalue weighted by molar-refractivity contribution is 0.668. The van der Waals surface area contributed by atoms with Gasteiger partial charge in [-0.1, -0.05) is 303 Å². The van der Waals surface area contributed by atoms with Crippen molar-refractivity contribution in [3.8, 4) is 89.0 Å². The molecule has 0 aliphatic carbocycles. The standard InChI is InChI=1S/C110H68N2O4/c1-2-25-73-65-74(50-49-69(73)23-1)81-28-7-14-43-99(81)112(79-60-53-71(54-61-79)84-37-20-40-95-92-35-12-18-48-104(92)115-109(84)95)101-45-22-36-83(108(101)77-56-63-94-91-34-11-17-47-103(91)114-107(94)68-77)75-57-64-105-97(66-75)96-41-21-38-85(110(96)116-105)72-51-58-78(59-52-72)111(98-42-13-8-29-82(98)76-55-62-93-90-33-10-16-46-102(90)113-106(93)67-76)100-44-15-9-32-89(100)88-31-6-5-30-87(88)86-39-19-26-70-24-3-4-27-80(70)86/h1-68H. The Labute approximate surface area is 668 Å². The van der Waals surface area contributed by atoms with Crippen LogP contribution in [0.2, 0.25) is 0 Å². The molecular formula is C110H68N2O4. The number of rotatable bonds is 14. The summed E-state index contributed by atoms with van der Waals surface area (Å²) in [5, 5.41) is 13.3. The molecular weight excluding hydrogens is 1410 g/mol. The molecule has 0 aliphatic rings. The minimum absolute atomic E-state index is 0.794. The maximum atomic E-state index is 7.19. The number of anilines is 6. The Morgan fingerprint density at radius 1 is 0.155 bits per heavy atom. The highest BCUT2D eigenvalue weighted by molar-refractivity contribution is 6.15. The second kappa shape index (κ2) is 27.2. The van der Waals surface area contributed by atoms with Crippen molar-refractivity contribution in [2.75, 3.05) is 9.80 Å². The largest absolute Gasteiger partial charge is 0.456 e. The summed E-state index contributed by atoms with van der Waals surface area (Å²) in [5.41, 5.74) is 29.9. The Bertz CT molecular complexity index is 7860. The minimum Gasteiger partial charge on any atom is -0.456 e. The Hall–Kier alpha value is -15.5. The molecule has 0 spiro atoms. The van der Waals surface area contributed by atoms with Crippen molar-refractivity contribution in [1.82, 2.24) is 0 Å². The van der Waals surface area contributed by atoms with E-state index < -0.39 is 0 Å². The molecule has 23 rings (SSSR count). The number of hydrogen-bond donors (Lipinski definition) is 0. The number of para-hydroxylation sites is 8. The van der Waals surface area contributed by atoms with E-state index in [1.807, 2.05) is 30.3 Å². The van der Waals surface area contributed by atoms with Gasteiger partial charge in [0.15, 0.2) is 0 Å². The fraction of sp³-hybridized carbons (Fsp3) is 0. The molecule has 19 aromatic carbocycles. The Morgan fingerprint density at radius 2 is 0.509 bits per heavy atom. The lowest BCUT2D eigenvalue weighted by Gasteiger charge is -2.31. The van der Waals surface area contributed by atoms with Crippen molar-refractivity contribution in [3.05, 3.63) is 413 Å². The average molecular weight is 1480 g/mol. The second-order valence-corrected chi connectivity index (χ2v) is 30.0. The van der Waals surface area contributed by atoms with Gasteiger partial charge in [-0.05, 0) is 186 Å². The molecule has 4 heterocycles. The number of hydrogen-bond acceptors (Lipinski definition) is 6. The predicted molar refractivity (Wildman–Crippen MR) is 483 cm³/mol. The predicted octanol–water partition coefficient (Wildman–Crippen LogP) is 31.9. The van der Waals surface area contributed by atoms with E-state index in [0.717, 1.165) is 205 Å². The maximum Gasteiger partial charge on any atom is 0.143 e. The molecule has 0 saturated carbocycles. The van der Waals surface area contributed by atoms with Gasteiger partial charge < -0.3 is 27.5 Å². The van der Waals surface area contributed by atoms with Crippen LogP contribution in [0.3, 0.4) is 0 Å². The number of benzene rings is 19. The van der Waals surface area contributed by atoms with Gasteiger partial charge in [0, 0.05) is 87.8 Å². The van der Waals surface area contributed by atoms with Crippen LogP contribution in [0.5, 0.6) is 0 Å². The molecule has 23 aromatic rings. The molecule has 6 heteroatoms. The Balaban J connectivity index is 0.676. The van der Waals surface area contributed by atoms with Gasteiger partial charge in [-0.15, -0.1) is 0 Å². The van der Waals surface area contributed by atoms with Crippen molar-refractivity contribution in [3.63, 3.8) is 0 Å². The highest BCUT2D eigenvalue weighted by atomic mass is 16.3. The fourth-order valence-electron chi connectivity index (χ4n) is 18.1. The van der Waals surface area contributed by atoms with Crippen LogP contribution >= 0.6 is 0 Å². The number of nitrogens with zero attached hydrogens (tertiary/aromatic N) is 2. The third-order valence-electron chi connectivity index (χ3n) is 23.5. The maximum absolute atomic E-state index is 7.19. The zero-order valence-electron chi connectivity index (χ0n) is 62.8. The monoisotopic (exact) mass is 1480 g/mol. The summed E-state index contributed by atoms with van der Waals surface area (Å²) in [7, 11) is 0. The molecule has 542 valence electrons. The van der Waals surface area contributed by atoms with E-state index in [9.17, 15) is 0 Å². The van der Waals surface area contributed by atoms with Crippen LogP contribution in [-0.2, 0) is 0 Å². The van der Waals surface area contributed by atoms with Gasteiger partial charge in [0.2, 0.25) is 0 Å². The molecule has 6 nitrogen and oxygen atoms in total.